The minimum atomic E-state index is 0.132. The van der Waals surface area contributed by atoms with Crippen molar-refractivity contribution in [1.82, 2.24) is 5.32 Å². The minimum Gasteiger partial charge on any atom is -0.388 e. The van der Waals surface area contributed by atoms with Crippen molar-refractivity contribution in [2.45, 2.75) is 19.6 Å². The van der Waals surface area contributed by atoms with Gasteiger partial charge in [0.15, 0.2) is 0 Å². The smallest absolute Gasteiger partial charge is 0.0984 e. The van der Waals surface area contributed by atoms with E-state index in [0.29, 0.717) is 19.8 Å². The summed E-state index contributed by atoms with van der Waals surface area (Å²) >= 11 is 0. The van der Waals surface area contributed by atoms with Gasteiger partial charge in [-0.25, -0.2) is 0 Å². The lowest BCUT2D eigenvalue weighted by atomic mass is 10.2. The molecule has 0 saturated carbocycles. The molecule has 0 spiro atoms. The first-order chi connectivity index (χ1) is 8.34. The van der Waals surface area contributed by atoms with E-state index in [-0.39, 0.29) is 6.10 Å². The van der Waals surface area contributed by atoms with E-state index in [4.69, 9.17) is 9.47 Å². The highest BCUT2D eigenvalue weighted by molar-refractivity contribution is 5.13. The van der Waals surface area contributed by atoms with Crippen LogP contribution >= 0.6 is 0 Å². The number of hydrogen-bond donors (Lipinski definition) is 1. The van der Waals surface area contributed by atoms with Crippen LogP contribution in [0.4, 0.5) is 0 Å². The SMILES string of the molecule is CC1=CNC[C@@H](COCc2ccccc2)OC1. The number of ether oxygens (including phenoxy) is 2. The molecule has 0 fully saturated rings. The molecule has 1 heterocycles. The predicted molar refractivity (Wildman–Crippen MR) is 67.6 cm³/mol. The summed E-state index contributed by atoms with van der Waals surface area (Å²) in [5.74, 6) is 0. The van der Waals surface area contributed by atoms with Crippen LogP contribution in [0.25, 0.3) is 0 Å². The van der Waals surface area contributed by atoms with Crippen LogP contribution in [0.3, 0.4) is 0 Å². The summed E-state index contributed by atoms with van der Waals surface area (Å²) in [5, 5.41) is 3.23. The molecule has 2 rings (SSSR count). The van der Waals surface area contributed by atoms with Crippen LogP contribution in [0.1, 0.15) is 12.5 Å². The monoisotopic (exact) mass is 233 g/mol. The molecule has 0 unspecified atom stereocenters. The summed E-state index contributed by atoms with van der Waals surface area (Å²) in [6.45, 7) is 4.83. The molecule has 1 aromatic carbocycles. The summed E-state index contributed by atoms with van der Waals surface area (Å²) in [7, 11) is 0. The van der Waals surface area contributed by atoms with Crippen LogP contribution in [0.5, 0.6) is 0 Å². The topological polar surface area (TPSA) is 30.5 Å². The second-order valence-electron chi connectivity index (χ2n) is 4.33. The summed E-state index contributed by atoms with van der Waals surface area (Å²) in [5.41, 5.74) is 2.42. The number of benzene rings is 1. The number of rotatable bonds is 4. The number of nitrogens with one attached hydrogen (secondary N) is 1. The minimum absolute atomic E-state index is 0.132. The molecule has 0 aliphatic carbocycles. The molecule has 0 radical (unpaired) electrons. The fraction of sp³-hybridized carbons (Fsp3) is 0.429. The van der Waals surface area contributed by atoms with Crippen LogP contribution in [-0.2, 0) is 16.1 Å². The Morgan fingerprint density at radius 2 is 2.18 bits per heavy atom. The van der Waals surface area contributed by atoms with E-state index in [1.165, 1.54) is 11.1 Å². The third-order valence-electron chi connectivity index (χ3n) is 2.66. The third-order valence-corrected chi connectivity index (χ3v) is 2.66. The Morgan fingerprint density at radius 3 is 3.00 bits per heavy atom. The van der Waals surface area contributed by atoms with Crippen molar-refractivity contribution in [3.05, 3.63) is 47.7 Å². The van der Waals surface area contributed by atoms with E-state index >= 15 is 0 Å². The molecule has 17 heavy (non-hydrogen) atoms. The fourth-order valence-corrected chi connectivity index (χ4v) is 1.70. The van der Waals surface area contributed by atoms with Crippen LogP contribution in [-0.4, -0.2) is 25.9 Å². The lowest BCUT2D eigenvalue weighted by Crippen LogP contribution is -2.28. The van der Waals surface area contributed by atoms with E-state index < -0.39 is 0 Å². The molecule has 3 nitrogen and oxygen atoms in total. The van der Waals surface area contributed by atoms with Crippen molar-refractivity contribution < 1.29 is 9.47 Å². The highest BCUT2D eigenvalue weighted by Crippen LogP contribution is 2.05. The maximum atomic E-state index is 5.70. The fourth-order valence-electron chi connectivity index (χ4n) is 1.70. The van der Waals surface area contributed by atoms with E-state index in [2.05, 4.69) is 24.4 Å². The molecule has 92 valence electrons. The standard InChI is InChI=1S/C14H19NO2/c1-12-7-15-8-14(17-9-12)11-16-10-13-5-3-2-4-6-13/h2-7,14-15H,8-11H2,1H3/t14-/m0/s1. The zero-order valence-electron chi connectivity index (χ0n) is 10.2. The Morgan fingerprint density at radius 1 is 1.35 bits per heavy atom. The van der Waals surface area contributed by atoms with E-state index in [1.54, 1.807) is 0 Å². The maximum absolute atomic E-state index is 5.70. The van der Waals surface area contributed by atoms with Gasteiger partial charge in [-0.3, -0.25) is 0 Å². The largest absolute Gasteiger partial charge is 0.388 e. The molecular weight excluding hydrogens is 214 g/mol. The zero-order chi connectivity index (χ0) is 11.9. The Bertz CT molecular complexity index is 362. The molecule has 1 aromatic rings. The van der Waals surface area contributed by atoms with Crippen molar-refractivity contribution in [3.63, 3.8) is 0 Å². The Kier molecular flexibility index (Phi) is 4.59. The van der Waals surface area contributed by atoms with Gasteiger partial charge in [-0.2, -0.15) is 0 Å². The normalized spacial score (nSPS) is 20.3. The van der Waals surface area contributed by atoms with Gasteiger partial charge in [0.2, 0.25) is 0 Å². The van der Waals surface area contributed by atoms with Crippen LogP contribution in [0, 0.1) is 0 Å². The van der Waals surface area contributed by atoms with Gasteiger partial charge in [-0.1, -0.05) is 30.3 Å². The first kappa shape index (κ1) is 12.1. The lowest BCUT2D eigenvalue weighted by Gasteiger charge is -2.15. The zero-order valence-corrected chi connectivity index (χ0v) is 10.2. The molecule has 3 heteroatoms. The molecular formula is C14H19NO2. The average molecular weight is 233 g/mol. The van der Waals surface area contributed by atoms with Gasteiger partial charge < -0.3 is 14.8 Å². The quantitative estimate of drug-likeness (QED) is 0.864. The Balaban J connectivity index is 1.69. The van der Waals surface area contributed by atoms with Gasteiger partial charge >= 0.3 is 0 Å². The van der Waals surface area contributed by atoms with Crippen LogP contribution in [0.2, 0.25) is 0 Å². The van der Waals surface area contributed by atoms with E-state index in [0.717, 1.165) is 6.54 Å². The van der Waals surface area contributed by atoms with Crippen LogP contribution < -0.4 is 5.32 Å². The summed E-state index contributed by atoms with van der Waals surface area (Å²) in [4.78, 5) is 0. The van der Waals surface area contributed by atoms with Gasteiger partial charge in [0, 0.05) is 6.54 Å². The first-order valence-electron chi connectivity index (χ1n) is 5.97. The van der Waals surface area contributed by atoms with Gasteiger partial charge in [0.05, 0.1) is 25.9 Å². The van der Waals surface area contributed by atoms with Gasteiger partial charge in [-0.15, -0.1) is 0 Å². The lowest BCUT2D eigenvalue weighted by molar-refractivity contribution is -0.00832. The highest BCUT2D eigenvalue weighted by atomic mass is 16.5. The van der Waals surface area contributed by atoms with E-state index in [1.807, 2.05) is 24.4 Å². The summed E-state index contributed by atoms with van der Waals surface area (Å²) in [6.07, 6.45) is 2.14. The van der Waals surface area contributed by atoms with Gasteiger partial charge in [-0.05, 0) is 24.3 Å². The summed E-state index contributed by atoms with van der Waals surface area (Å²) < 4.78 is 11.4. The van der Waals surface area contributed by atoms with E-state index in [9.17, 15) is 0 Å². The molecule has 0 aromatic heterocycles. The molecule has 0 bridgehead atoms. The second kappa shape index (κ2) is 6.42. The second-order valence-corrected chi connectivity index (χ2v) is 4.33. The van der Waals surface area contributed by atoms with Crippen LogP contribution in [0.15, 0.2) is 42.1 Å². The maximum Gasteiger partial charge on any atom is 0.0984 e. The van der Waals surface area contributed by atoms with Gasteiger partial charge in [0.1, 0.15) is 0 Å². The van der Waals surface area contributed by atoms with Crippen molar-refractivity contribution in [3.8, 4) is 0 Å². The summed E-state index contributed by atoms with van der Waals surface area (Å²) in [6, 6.07) is 10.2. The van der Waals surface area contributed by atoms with Crippen molar-refractivity contribution >= 4 is 0 Å². The van der Waals surface area contributed by atoms with Gasteiger partial charge in [0.25, 0.3) is 0 Å². The molecule has 0 saturated heterocycles. The molecule has 1 N–H and O–H groups in total. The number of hydrogen-bond acceptors (Lipinski definition) is 3. The molecule has 0 amide bonds. The third kappa shape index (κ3) is 4.21. The first-order valence-corrected chi connectivity index (χ1v) is 5.97. The molecule has 1 aliphatic rings. The molecule has 1 atom stereocenters. The predicted octanol–water partition coefficient (Wildman–Crippen LogP) is 2.10. The average Bonchev–Trinajstić information content (AvgIpc) is 2.56. The van der Waals surface area contributed by atoms with Crippen molar-refractivity contribution in [2.24, 2.45) is 0 Å². The molecule has 1 aliphatic heterocycles. The van der Waals surface area contributed by atoms with Crippen molar-refractivity contribution in [2.75, 3.05) is 19.8 Å². The highest BCUT2D eigenvalue weighted by Gasteiger charge is 2.11. The Hall–Kier alpha value is -1.32. The van der Waals surface area contributed by atoms with Crippen molar-refractivity contribution in [1.29, 1.82) is 0 Å². The Labute approximate surface area is 102 Å².